The van der Waals surface area contributed by atoms with Crippen LogP contribution in [0.15, 0.2) is 0 Å². The molecule has 1 unspecified atom stereocenters. The molecule has 1 atom stereocenters. The van der Waals surface area contributed by atoms with E-state index in [-0.39, 0.29) is 29.6 Å². The molecule has 0 rings (SSSR count). The first kappa shape index (κ1) is 10.1. The van der Waals surface area contributed by atoms with Crippen molar-refractivity contribution in [3.8, 4) is 0 Å². The molecule has 0 aliphatic heterocycles. The second-order valence-corrected chi connectivity index (χ2v) is 1.51. The van der Waals surface area contributed by atoms with E-state index in [2.05, 4.69) is 20.8 Å². The van der Waals surface area contributed by atoms with Crippen molar-refractivity contribution in [1.82, 2.24) is 0 Å². The summed E-state index contributed by atoms with van der Waals surface area (Å²) in [7, 11) is 0. The number of hydrogen-bond acceptors (Lipinski definition) is 0. The third-order valence-electron chi connectivity index (χ3n) is 0.697. The van der Waals surface area contributed by atoms with Crippen LogP contribution >= 0.6 is 0 Å². The van der Waals surface area contributed by atoms with Gasteiger partial charge in [0, 0.05) is 0 Å². The summed E-state index contributed by atoms with van der Waals surface area (Å²) in [6, 6.07) is 0. The van der Waals surface area contributed by atoms with Gasteiger partial charge in [0.15, 0.2) is 0 Å². The molecule has 1 heteroatoms. The maximum atomic E-state index is 3.76. The van der Waals surface area contributed by atoms with Gasteiger partial charge in [-0.15, -0.1) is 0 Å². The molecule has 0 aromatic rings. The Bertz CT molecular complexity index is 17.9. The van der Waals surface area contributed by atoms with Crippen LogP contribution in [0.1, 0.15) is 20.3 Å². The topological polar surface area (TPSA) is 0 Å². The largest absolute Gasteiger partial charge is 1.00 e. The Balaban J connectivity index is 0. The Morgan fingerprint density at radius 3 is 1.83 bits per heavy atom. The maximum Gasteiger partial charge on any atom is 1.00 e. The summed E-state index contributed by atoms with van der Waals surface area (Å²) in [5.41, 5.74) is 0. The predicted octanol–water partition coefficient (Wildman–Crippen LogP) is -1.13. The maximum absolute atomic E-state index is 3.76. The minimum atomic E-state index is 0. The van der Waals surface area contributed by atoms with Gasteiger partial charge in [0.05, 0.1) is 0 Å². The average molecular weight is 94.1 g/mol. The standard InChI is InChI=1S/C5H11.Na/c1-4-5(2)3;/h5H,2,4H2,1,3H3;/q-1;+1. The second-order valence-electron chi connectivity index (χ2n) is 1.51. The summed E-state index contributed by atoms with van der Waals surface area (Å²) in [4.78, 5) is 0. The van der Waals surface area contributed by atoms with Gasteiger partial charge < -0.3 is 6.92 Å². The summed E-state index contributed by atoms with van der Waals surface area (Å²) in [5.74, 6) is 0.634. The normalized spacial score (nSPS) is 12.5. The third-order valence-corrected chi connectivity index (χ3v) is 0.697. The van der Waals surface area contributed by atoms with Crippen molar-refractivity contribution in [3.63, 3.8) is 0 Å². The fraction of sp³-hybridized carbons (Fsp3) is 0.800. The molecule has 6 heavy (non-hydrogen) atoms. The quantitative estimate of drug-likeness (QED) is 0.285. The van der Waals surface area contributed by atoms with Crippen LogP contribution in [-0.4, -0.2) is 0 Å². The Morgan fingerprint density at radius 2 is 1.83 bits per heavy atom. The molecule has 0 nitrogen and oxygen atoms in total. The van der Waals surface area contributed by atoms with E-state index in [9.17, 15) is 0 Å². The van der Waals surface area contributed by atoms with Gasteiger partial charge in [0.1, 0.15) is 0 Å². The van der Waals surface area contributed by atoms with E-state index in [0.29, 0.717) is 5.92 Å². The van der Waals surface area contributed by atoms with Crippen LogP contribution in [-0.2, 0) is 0 Å². The van der Waals surface area contributed by atoms with Crippen LogP contribution in [0.5, 0.6) is 0 Å². The molecule has 0 aromatic heterocycles. The van der Waals surface area contributed by atoms with Crippen molar-refractivity contribution in [2.24, 2.45) is 5.92 Å². The monoisotopic (exact) mass is 94.1 g/mol. The summed E-state index contributed by atoms with van der Waals surface area (Å²) >= 11 is 0. The van der Waals surface area contributed by atoms with Crippen LogP contribution in [0, 0.1) is 12.8 Å². The van der Waals surface area contributed by atoms with E-state index in [4.69, 9.17) is 0 Å². The van der Waals surface area contributed by atoms with Gasteiger partial charge in [-0.2, -0.15) is 5.92 Å². The number of rotatable bonds is 1. The zero-order valence-corrected chi connectivity index (χ0v) is 6.99. The average Bonchev–Trinajstić information content (AvgIpc) is 1.38. The molecular weight excluding hydrogens is 83.0 g/mol. The minimum absolute atomic E-state index is 0. The van der Waals surface area contributed by atoms with Crippen LogP contribution in [0.25, 0.3) is 0 Å². The van der Waals surface area contributed by atoms with Gasteiger partial charge >= 0.3 is 29.6 Å². The molecule has 0 fully saturated rings. The van der Waals surface area contributed by atoms with Crippen molar-refractivity contribution in [2.45, 2.75) is 20.3 Å². The van der Waals surface area contributed by atoms with E-state index in [1.807, 2.05) is 0 Å². The van der Waals surface area contributed by atoms with Gasteiger partial charge in [0.25, 0.3) is 0 Å². The Morgan fingerprint density at radius 1 is 1.67 bits per heavy atom. The van der Waals surface area contributed by atoms with E-state index in [0.717, 1.165) is 0 Å². The smallest absolute Gasteiger partial charge is 0.341 e. The first-order valence-corrected chi connectivity index (χ1v) is 2.10. The minimum Gasteiger partial charge on any atom is -0.341 e. The van der Waals surface area contributed by atoms with E-state index in [1.165, 1.54) is 6.42 Å². The summed E-state index contributed by atoms with van der Waals surface area (Å²) in [6.45, 7) is 8.00. The molecule has 0 aliphatic carbocycles. The van der Waals surface area contributed by atoms with Crippen molar-refractivity contribution in [2.75, 3.05) is 0 Å². The Kier molecular flexibility index (Phi) is 10.1. The van der Waals surface area contributed by atoms with Crippen molar-refractivity contribution in [3.05, 3.63) is 6.92 Å². The zero-order valence-electron chi connectivity index (χ0n) is 4.99. The third kappa shape index (κ3) is 8.89. The first-order chi connectivity index (χ1) is 2.27. The number of hydrogen-bond donors (Lipinski definition) is 0. The molecule has 0 aliphatic rings. The van der Waals surface area contributed by atoms with Gasteiger partial charge in [0.2, 0.25) is 0 Å². The van der Waals surface area contributed by atoms with Crippen LogP contribution < -0.4 is 29.6 Å². The van der Waals surface area contributed by atoms with E-state index in [1.54, 1.807) is 0 Å². The fourth-order valence-corrected chi connectivity index (χ4v) is 0. The van der Waals surface area contributed by atoms with Crippen LogP contribution in [0.3, 0.4) is 0 Å². The summed E-state index contributed by atoms with van der Waals surface area (Å²) < 4.78 is 0. The van der Waals surface area contributed by atoms with Crippen molar-refractivity contribution in [1.29, 1.82) is 0 Å². The molecule has 32 valence electrons. The van der Waals surface area contributed by atoms with Crippen LogP contribution in [0.4, 0.5) is 0 Å². The molecule has 0 heterocycles. The van der Waals surface area contributed by atoms with Gasteiger partial charge in [-0.05, 0) is 0 Å². The van der Waals surface area contributed by atoms with E-state index < -0.39 is 0 Å². The molecule has 0 N–H and O–H groups in total. The molecule has 0 spiro atoms. The molecule has 0 aromatic carbocycles. The SMILES string of the molecule is [CH2-]C(C)CC.[Na+]. The molecule has 0 radical (unpaired) electrons. The molecule has 0 amide bonds. The van der Waals surface area contributed by atoms with Crippen molar-refractivity contribution < 1.29 is 29.6 Å². The second kappa shape index (κ2) is 6.00. The zero-order chi connectivity index (χ0) is 4.28. The summed E-state index contributed by atoms with van der Waals surface area (Å²) in [5, 5.41) is 0. The van der Waals surface area contributed by atoms with E-state index >= 15 is 0 Å². The Hall–Kier alpha value is 1.00. The molecule has 0 saturated heterocycles. The summed E-state index contributed by atoms with van der Waals surface area (Å²) in [6.07, 6.45) is 1.19. The Labute approximate surface area is 62.6 Å². The molecule has 0 bridgehead atoms. The van der Waals surface area contributed by atoms with Gasteiger partial charge in [-0.1, -0.05) is 20.3 Å². The fourth-order valence-electron chi connectivity index (χ4n) is 0. The first-order valence-electron chi connectivity index (χ1n) is 2.10. The molecular formula is C5H11Na. The van der Waals surface area contributed by atoms with Crippen LogP contribution in [0.2, 0.25) is 0 Å². The van der Waals surface area contributed by atoms with Gasteiger partial charge in [-0.3, -0.25) is 0 Å². The van der Waals surface area contributed by atoms with Crippen molar-refractivity contribution >= 4 is 0 Å². The van der Waals surface area contributed by atoms with Gasteiger partial charge in [-0.25, -0.2) is 0 Å². The molecule has 0 saturated carbocycles. The predicted molar refractivity (Wildman–Crippen MR) is 24.8 cm³/mol.